The van der Waals surface area contributed by atoms with Crippen molar-refractivity contribution < 1.29 is 18.3 Å². The van der Waals surface area contributed by atoms with Gasteiger partial charge in [-0.2, -0.15) is 4.39 Å². The van der Waals surface area contributed by atoms with Crippen LogP contribution in [0.15, 0.2) is 16.9 Å². The summed E-state index contributed by atoms with van der Waals surface area (Å²) in [6.45, 7) is 4.53. The third-order valence-electron chi connectivity index (χ3n) is 6.60. The number of nitrogens with zero attached hydrogens (tertiary/aromatic N) is 4. The van der Waals surface area contributed by atoms with E-state index in [0.29, 0.717) is 74.0 Å². The standard InChI is InChI=1S/C24H26F2N6O3/c1-13-23(33)30-20-18(25)15(21-14(19(20)28-13)4-3-11-35-21)12-31-7-9-32(10-8-31)17-6-5-16(24(34)27-2)29-22(17)26/h5-6H,3-4,7-12H2,1-2H3,(H,27,34)(H,30,33). The lowest BCUT2D eigenvalue weighted by Gasteiger charge is -2.36. The Morgan fingerprint density at radius 3 is 2.69 bits per heavy atom. The molecule has 0 spiro atoms. The maximum atomic E-state index is 15.6. The molecule has 1 aromatic carbocycles. The van der Waals surface area contributed by atoms with Gasteiger partial charge in [0.1, 0.15) is 22.7 Å². The number of piperazine rings is 1. The van der Waals surface area contributed by atoms with Gasteiger partial charge in [-0.25, -0.2) is 14.4 Å². The molecule has 0 atom stereocenters. The van der Waals surface area contributed by atoms with Gasteiger partial charge in [-0.15, -0.1) is 0 Å². The summed E-state index contributed by atoms with van der Waals surface area (Å²) in [5.74, 6) is -1.15. The summed E-state index contributed by atoms with van der Waals surface area (Å²) in [6.07, 6.45) is 1.49. The van der Waals surface area contributed by atoms with Gasteiger partial charge in [0.2, 0.25) is 5.95 Å². The summed E-state index contributed by atoms with van der Waals surface area (Å²) >= 11 is 0. The second-order valence-corrected chi connectivity index (χ2v) is 8.78. The Morgan fingerprint density at radius 2 is 1.97 bits per heavy atom. The van der Waals surface area contributed by atoms with Crippen LogP contribution < -0.4 is 20.5 Å². The van der Waals surface area contributed by atoms with Crippen LogP contribution in [0.3, 0.4) is 0 Å². The molecule has 5 rings (SSSR count). The summed E-state index contributed by atoms with van der Waals surface area (Å²) in [5, 5.41) is 2.43. The fourth-order valence-corrected chi connectivity index (χ4v) is 4.71. The van der Waals surface area contributed by atoms with Crippen molar-refractivity contribution >= 4 is 22.6 Å². The lowest BCUT2D eigenvalue weighted by Crippen LogP contribution is -2.46. The third kappa shape index (κ3) is 4.20. The number of aromatic nitrogens is 3. The molecule has 11 heteroatoms. The fraction of sp³-hybridized carbons (Fsp3) is 0.417. The fourth-order valence-electron chi connectivity index (χ4n) is 4.71. The molecular weight excluding hydrogens is 458 g/mol. The van der Waals surface area contributed by atoms with E-state index in [1.165, 1.54) is 13.1 Å². The number of amides is 1. The maximum absolute atomic E-state index is 15.6. The van der Waals surface area contributed by atoms with Crippen LogP contribution in [0.1, 0.15) is 33.7 Å². The van der Waals surface area contributed by atoms with Gasteiger partial charge in [-0.3, -0.25) is 14.5 Å². The summed E-state index contributed by atoms with van der Waals surface area (Å²) in [6, 6.07) is 3.05. The Labute approximate surface area is 200 Å². The number of pyridine rings is 1. The number of hydrogen-bond donors (Lipinski definition) is 2. The monoisotopic (exact) mass is 484 g/mol. The van der Waals surface area contributed by atoms with E-state index in [1.807, 2.05) is 4.90 Å². The first-order valence-corrected chi connectivity index (χ1v) is 11.6. The average molecular weight is 485 g/mol. The minimum atomic E-state index is -0.700. The second kappa shape index (κ2) is 9.21. The van der Waals surface area contributed by atoms with E-state index in [4.69, 9.17) is 4.74 Å². The molecule has 0 unspecified atom stereocenters. The van der Waals surface area contributed by atoms with Crippen molar-refractivity contribution in [1.82, 2.24) is 25.2 Å². The molecule has 35 heavy (non-hydrogen) atoms. The molecule has 2 N–H and O–H groups in total. The topological polar surface area (TPSA) is 103 Å². The van der Waals surface area contributed by atoms with Gasteiger partial charge in [0.15, 0.2) is 5.82 Å². The number of fused-ring (bicyclic) bond motifs is 3. The lowest BCUT2D eigenvalue weighted by molar-refractivity contribution is 0.0957. The Bertz CT molecular complexity index is 1370. The van der Waals surface area contributed by atoms with E-state index in [0.717, 1.165) is 12.0 Å². The van der Waals surface area contributed by atoms with Crippen molar-refractivity contribution in [3.05, 3.63) is 56.8 Å². The Kier molecular flexibility index (Phi) is 6.10. The Morgan fingerprint density at radius 1 is 1.20 bits per heavy atom. The highest BCUT2D eigenvalue weighted by atomic mass is 19.1. The largest absolute Gasteiger partial charge is 0.493 e. The zero-order valence-corrected chi connectivity index (χ0v) is 19.6. The van der Waals surface area contributed by atoms with E-state index >= 15 is 4.39 Å². The molecule has 2 aliphatic heterocycles. The first-order chi connectivity index (χ1) is 16.9. The quantitative estimate of drug-likeness (QED) is 0.546. The molecule has 4 heterocycles. The number of H-pyrrole nitrogens is 1. The number of rotatable bonds is 4. The van der Waals surface area contributed by atoms with Gasteiger partial charge >= 0.3 is 0 Å². The van der Waals surface area contributed by atoms with Crippen LogP contribution in [0.4, 0.5) is 14.5 Å². The van der Waals surface area contributed by atoms with Gasteiger partial charge in [0.25, 0.3) is 11.5 Å². The lowest BCUT2D eigenvalue weighted by atomic mass is 9.98. The molecule has 1 fully saturated rings. The highest BCUT2D eigenvalue weighted by molar-refractivity contribution is 5.92. The van der Waals surface area contributed by atoms with Crippen LogP contribution in [0.25, 0.3) is 11.0 Å². The molecule has 0 aliphatic carbocycles. The van der Waals surface area contributed by atoms with Crippen molar-refractivity contribution in [3.63, 3.8) is 0 Å². The number of ether oxygens (including phenoxy) is 1. The molecule has 1 saturated heterocycles. The van der Waals surface area contributed by atoms with Crippen molar-refractivity contribution in [2.75, 3.05) is 44.7 Å². The molecule has 0 bridgehead atoms. The van der Waals surface area contributed by atoms with Crippen molar-refractivity contribution in [2.24, 2.45) is 0 Å². The zero-order chi connectivity index (χ0) is 24.7. The van der Waals surface area contributed by atoms with Gasteiger partial charge in [0, 0.05) is 50.9 Å². The van der Waals surface area contributed by atoms with Gasteiger partial charge in [-0.1, -0.05) is 0 Å². The maximum Gasteiger partial charge on any atom is 0.269 e. The molecular formula is C24H26F2N6O3. The Balaban J connectivity index is 1.38. The van der Waals surface area contributed by atoms with Crippen molar-refractivity contribution in [1.29, 1.82) is 0 Å². The van der Waals surface area contributed by atoms with Crippen LogP contribution in [0, 0.1) is 18.7 Å². The predicted molar refractivity (Wildman–Crippen MR) is 126 cm³/mol. The van der Waals surface area contributed by atoms with Crippen molar-refractivity contribution in [2.45, 2.75) is 26.3 Å². The summed E-state index contributed by atoms with van der Waals surface area (Å²) in [4.78, 5) is 38.5. The molecule has 184 valence electrons. The normalized spacial score (nSPS) is 16.2. The molecule has 0 radical (unpaired) electrons. The zero-order valence-electron chi connectivity index (χ0n) is 19.6. The van der Waals surface area contributed by atoms with E-state index in [2.05, 4.69) is 25.2 Å². The highest BCUT2D eigenvalue weighted by Gasteiger charge is 2.28. The van der Waals surface area contributed by atoms with E-state index in [-0.39, 0.29) is 11.2 Å². The first-order valence-electron chi connectivity index (χ1n) is 11.6. The number of carbonyl (C=O) groups excluding carboxylic acids is 1. The average Bonchev–Trinajstić information content (AvgIpc) is 2.87. The number of carbonyl (C=O) groups is 1. The molecule has 1 amide bonds. The van der Waals surface area contributed by atoms with Crippen molar-refractivity contribution in [3.8, 4) is 5.75 Å². The van der Waals surface area contributed by atoms with Crippen LogP contribution in [0.5, 0.6) is 5.75 Å². The summed E-state index contributed by atoms with van der Waals surface area (Å²) in [5.41, 5.74) is 2.02. The van der Waals surface area contributed by atoms with E-state index < -0.39 is 23.2 Å². The number of benzene rings is 1. The molecule has 2 aromatic heterocycles. The third-order valence-corrected chi connectivity index (χ3v) is 6.60. The Hall–Kier alpha value is -3.60. The minimum absolute atomic E-state index is 0.0201. The van der Waals surface area contributed by atoms with Gasteiger partial charge in [-0.05, 0) is 31.9 Å². The second-order valence-electron chi connectivity index (χ2n) is 8.78. The number of nitrogens with one attached hydrogen (secondary N) is 2. The molecule has 2 aliphatic rings. The van der Waals surface area contributed by atoms with Crippen LogP contribution in [-0.2, 0) is 13.0 Å². The summed E-state index contributed by atoms with van der Waals surface area (Å²) in [7, 11) is 1.46. The van der Waals surface area contributed by atoms with E-state index in [9.17, 15) is 14.0 Å². The summed E-state index contributed by atoms with van der Waals surface area (Å²) < 4.78 is 36.1. The molecule has 9 nitrogen and oxygen atoms in total. The number of hydrogen-bond acceptors (Lipinski definition) is 7. The predicted octanol–water partition coefficient (Wildman–Crippen LogP) is 1.91. The number of anilines is 1. The van der Waals surface area contributed by atoms with Gasteiger partial charge in [0.05, 0.1) is 17.8 Å². The smallest absolute Gasteiger partial charge is 0.269 e. The van der Waals surface area contributed by atoms with Crippen LogP contribution >= 0.6 is 0 Å². The number of halogens is 2. The van der Waals surface area contributed by atoms with Crippen LogP contribution in [0.2, 0.25) is 0 Å². The number of aryl methyl sites for hydroxylation is 2. The van der Waals surface area contributed by atoms with Crippen LogP contribution in [-0.4, -0.2) is 65.6 Å². The first kappa shape index (κ1) is 23.2. The molecule has 0 saturated carbocycles. The number of aromatic amines is 1. The molecule has 3 aromatic rings. The van der Waals surface area contributed by atoms with Gasteiger partial charge < -0.3 is 19.9 Å². The minimum Gasteiger partial charge on any atom is -0.493 e. The SMILES string of the molecule is CNC(=O)c1ccc(N2CCN(Cc3c4c(c5nc(C)c(=O)[nH]c5c3F)CCCO4)CC2)c(F)n1. The highest BCUT2D eigenvalue weighted by Crippen LogP contribution is 2.37. The van der Waals surface area contributed by atoms with E-state index in [1.54, 1.807) is 13.0 Å².